The average molecular weight is 431 g/mol. The van der Waals surface area contributed by atoms with Gasteiger partial charge in [0.2, 0.25) is 5.88 Å². The van der Waals surface area contributed by atoms with E-state index in [-0.39, 0.29) is 0 Å². The highest BCUT2D eigenvalue weighted by Crippen LogP contribution is 2.21. The summed E-state index contributed by atoms with van der Waals surface area (Å²) in [5.41, 5.74) is 0.760. The molecule has 4 aromatic rings. The van der Waals surface area contributed by atoms with Crippen LogP contribution in [-0.4, -0.2) is 28.5 Å². The fourth-order valence-corrected chi connectivity index (χ4v) is 3.40. The van der Waals surface area contributed by atoms with E-state index in [0.717, 1.165) is 16.8 Å². The zero-order chi connectivity index (χ0) is 22.3. The summed E-state index contributed by atoms with van der Waals surface area (Å²) in [5, 5.41) is 6.72. The SMILES string of the molecule is CCC(Oc1ccccc1)C(=O)Oc1cc(C)nn1CCOc1ccc2ccccc2c1. The second-order valence-electron chi connectivity index (χ2n) is 7.45. The van der Waals surface area contributed by atoms with Gasteiger partial charge >= 0.3 is 5.97 Å². The van der Waals surface area contributed by atoms with Crippen LogP contribution in [-0.2, 0) is 11.3 Å². The molecule has 1 aromatic heterocycles. The molecule has 0 amide bonds. The van der Waals surface area contributed by atoms with E-state index in [1.54, 1.807) is 10.7 Å². The van der Waals surface area contributed by atoms with Crippen molar-refractivity contribution in [1.82, 2.24) is 9.78 Å². The molecular weight excluding hydrogens is 404 g/mol. The largest absolute Gasteiger partial charge is 0.492 e. The van der Waals surface area contributed by atoms with Crippen LogP contribution in [0.5, 0.6) is 17.4 Å². The van der Waals surface area contributed by atoms with Gasteiger partial charge in [0.15, 0.2) is 6.10 Å². The number of aryl methyl sites for hydroxylation is 1. The lowest BCUT2D eigenvalue weighted by atomic mass is 10.1. The van der Waals surface area contributed by atoms with Crippen molar-refractivity contribution < 1.29 is 19.0 Å². The molecule has 164 valence electrons. The van der Waals surface area contributed by atoms with Crippen molar-refractivity contribution >= 4 is 16.7 Å². The highest BCUT2D eigenvalue weighted by molar-refractivity contribution is 5.83. The molecule has 6 heteroatoms. The Balaban J connectivity index is 1.37. The maximum Gasteiger partial charge on any atom is 0.354 e. The number of nitrogens with zero attached hydrogens (tertiary/aromatic N) is 2. The minimum atomic E-state index is -0.699. The molecule has 0 fully saturated rings. The predicted octanol–water partition coefficient (Wildman–Crippen LogP) is 5.19. The number of fused-ring (bicyclic) bond motifs is 1. The fraction of sp³-hybridized carbons (Fsp3) is 0.231. The molecular formula is C26H26N2O4. The first-order chi connectivity index (χ1) is 15.6. The molecule has 6 nitrogen and oxygen atoms in total. The smallest absolute Gasteiger partial charge is 0.354 e. The van der Waals surface area contributed by atoms with Gasteiger partial charge in [-0.1, -0.05) is 55.5 Å². The minimum Gasteiger partial charge on any atom is -0.492 e. The Kier molecular flexibility index (Phi) is 6.70. The molecule has 0 saturated heterocycles. The van der Waals surface area contributed by atoms with Crippen LogP contribution in [0.4, 0.5) is 0 Å². The lowest BCUT2D eigenvalue weighted by Crippen LogP contribution is -2.31. The van der Waals surface area contributed by atoms with E-state index in [2.05, 4.69) is 17.2 Å². The van der Waals surface area contributed by atoms with Crippen molar-refractivity contribution in [2.45, 2.75) is 32.9 Å². The fourth-order valence-electron chi connectivity index (χ4n) is 3.40. The van der Waals surface area contributed by atoms with Crippen LogP contribution in [0.1, 0.15) is 19.0 Å². The van der Waals surface area contributed by atoms with Gasteiger partial charge in [-0.2, -0.15) is 5.10 Å². The number of hydrogen-bond donors (Lipinski definition) is 0. The Morgan fingerprint density at radius 3 is 2.47 bits per heavy atom. The van der Waals surface area contributed by atoms with Gasteiger partial charge in [-0.3, -0.25) is 0 Å². The Morgan fingerprint density at radius 2 is 1.69 bits per heavy atom. The summed E-state index contributed by atoms with van der Waals surface area (Å²) in [6, 6.07) is 25.1. The number of rotatable bonds is 9. The van der Waals surface area contributed by atoms with Crippen LogP contribution in [0.3, 0.4) is 0 Å². The van der Waals surface area contributed by atoms with Gasteiger partial charge < -0.3 is 14.2 Å². The van der Waals surface area contributed by atoms with E-state index in [1.807, 2.05) is 74.5 Å². The van der Waals surface area contributed by atoms with E-state index in [9.17, 15) is 4.79 Å². The predicted molar refractivity (Wildman–Crippen MR) is 123 cm³/mol. The number of carbonyl (C=O) groups excluding carboxylic acids is 1. The van der Waals surface area contributed by atoms with E-state index in [4.69, 9.17) is 14.2 Å². The Hall–Kier alpha value is -3.80. The van der Waals surface area contributed by atoms with Crippen LogP contribution in [0.15, 0.2) is 78.9 Å². The molecule has 0 aliphatic rings. The quantitative estimate of drug-likeness (QED) is 0.342. The summed E-state index contributed by atoms with van der Waals surface area (Å²) in [4.78, 5) is 12.7. The van der Waals surface area contributed by atoms with Gasteiger partial charge in [-0.25, -0.2) is 9.48 Å². The maximum atomic E-state index is 12.7. The first-order valence-electron chi connectivity index (χ1n) is 10.7. The van der Waals surface area contributed by atoms with Crippen molar-refractivity contribution in [2.24, 2.45) is 0 Å². The standard InChI is InChI=1S/C26H26N2O4/c1-3-24(31-22-11-5-4-6-12-22)26(29)32-25-17-19(2)27-28(25)15-16-30-23-14-13-20-9-7-8-10-21(20)18-23/h4-14,17-18,24H,3,15-16H2,1-2H3. The molecule has 3 aromatic carbocycles. The normalized spacial score (nSPS) is 11.8. The van der Waals surface area contributed by atoms with Gasteiger partial charge in [-0.15, -0.1) is 0 Å². The van der Waals surface area contributed by atoms with Crippen LogP contribution in [0.2, 0.25) is 0 Å². The number of carbonyl (C=O) groups is 1. The van der Waals surface area contributed by atoms with Crippen molar-refractivity contribution in [2.75, 3.05) is 6.61 Å². The lowest BCUT2D eigenvalue weighted by molar-refractivity contribution is -0.142. The summed E-state index contributed by atoms with van der Waals surface area (Å²) >= 11 is 0. The summed E-state index contributed by atoms with van der Waals surface area (Å²) in [7, 11) is 0. The molecule has 0 aliphatic heterocycles. The van der Waals surface area contributed by atoms with Gasteiger partial charge in [0.25, 0.3) is 0 Å². The second-order valence-corrected chi connectivity index (χ2v) is 7.45. The maximum absolute atomic E-state index is 12.7. The summed E-state index contributed by atoms with van der Waals surface area (Å²) in [6.07, 6.45) is -0.207. The Bertz CT molecular complexity index is 1190. The number of para-hydroxylation sites is 1. The van der Waals surface area contributed by atoms with Crippen molar-refractivity contribution in [1.29, 1.82) is 0 Å². The van der Waals surface area contributed by atoms with Gasteiger partial charge in [0.1, 0.15) is 18.1 Å². The lowest BCUT2D eigenvalue weighted by Gasteiger charge is -2.16. The number of ether oxygens (including phenoxy) is 3. The average Bonchev–Trinajstić information content (AvgIpc) is 3.16. The third-order valence-corrected chi connectivity index (χ3v) is 5.02. The minimum absolute atomic E-state index is 0.379. The summed E-state index contributed by atoms with van der Waals surface area (Å²) in [5.74, 6) is 1.34. The zero-order valence-electron chi connectivity index (χ0n) is 18.2. The first-order valence-corrected chi connectivity index (χ1v) is 10.7. The van der Waals surface area contributed by atoms with Crippen LogP contribution in [0, 0.1) is 6.92 Å². The van der Waals surface area contributed by atoms with Crippen molar-refractivity contribution in [3.05, 3.63) is 84.6 Å². The third kappa shape index (κ3) is 5.27. The molecule has 32 heavy (non-hydrogen) atoms. The number of benzene rings is 3. The van der Waals surface area contributed by atoms with E-state index >= 15 is 0 Å². The highest BCUT2D eigenvalue weighted by atomic mass is 16.6. The molecule has 1 unspecified atom stereocenters. The number of hydrogen-bond acceptors (Lipinski definition) is 5. The van der Waals surface area contributed by atoms with Crippen LogP contribution in [0.25, 0.3) is 10.8 Å². The number of esters is 1. The Morgan fingerprint density at radius 1 is 0.938 bits per heavy atom. The molecule has 0 bridgehead atoms. The molecule has 0 radical (unpaired) electrons. The summed E-state index contributed by atoms with van der Waals surface area (Å²) in [6.45, 7) is 4.58. The van der Waals surface area contributed by atoms with E-state index in [1.165, 1.54) is 5.39 Å². The van der Waals surface area contributed by atoms with Gasteiger partial charge in [-0.05, 0) is 48.4 Å². The van der Waals surface area contributed by atoms with Gasteiger partial charge in [0, 0.05) is 6.07 Å². The van der Waals surface area contributed by atoms with Crippen molar-refractivity contribution in [3.8, 4) is 17.4 Å². The number of aromatic nitrogens is 2. The van der Waals surface area contributed by atoms with Crippen LogP contribution >= 0.6 is 0 Å². The van der Waals surface area contributed by atoms with Crippen molar-refractivity contribution in [3.63, 3.8) is 0 Å². The first kappa shape index (κ1) is 21.4. The van der Waals surface area contributed by atoms with E-state index in [0.29, 0.717) is 31.2 Å². The molecule has 0 spiro atoms. The van der Waals surface area contributed by atoms with Gasteiger partial charge in [0.05, 0.1) is 12.2 Å². The molecule has 0 N–H and O–H groups in total. The van der Waals surface area contributed by atoms with Crippen LogP contribution < -0.4 is 14.2 Å². The molecule has 1 atom stereocenters. The highest BCUT2D eigenvalue weighted by Gasteiger charge is 2.23. The molecule has 1 heterocycles. The summed E-state index contributed by atoms with van der Waals surface area (Å²) < 4.78 is 19.0. The molecule has 0 aliphatic carbocycles. The second kappa shape index (κ2) is 10.0. The third-order valence-electron chi connectivity index (χ3n) is 5.02. The Labute approximate surface area is 187 Å². The monoisotopic (exact) mass is 430 g/mol. The molecule has 0 saturated carbocycles. The molecule has 4 rings (SSSR count). The van der Waals surface area contributed by atoms with E-state index < -0.39 is 12.1 Å². The topological polar surface area (TPSA) is 62.6 Å². The zero-order valence-corrected chi connectivity index (χ0v) is 18.2.